The number of nitrogens with zero attached hydrogens (tertiary/aromatic N) is 4. The van der Waals surface area contributed by atoms with Crippen LogP contribution in [0.2, 0.25) is 0 Å². The molecule has 0 N–H and O–H groups in total. The second kappa shape index (κ2) is 8.20. The first-order valence-corrected chi connectivity index (χ1v) is 9.51. The first-order valence-electron chi connectivity index (χ1n) is 8.52. The summed E-state index contributed by atoms with van der Waals surface area (Å²) in [4.78, 5) is 19.1. The summed E-state index contributed by atoms with van der Waals surface area (Å²) in [5.74, 6) is 0.608. The lowest BCUT2D eigenvalue weighted by Gasteiger charge is -2.19. The highest BCUT2D eigenvalue weighted by molar-refractivity contribution is 7.99. The summed E-state index contributed by atoms with van der Waals surface area (Å²) in [7, 11) is 0. The van der Waals surface area contributed by atoms with Crippen LogP contribution >= 0.6 is 11.8 Å². The fourth-order valence-corrected chi connectivity index (χ4v) is 4.02. The molecule has 0 atom stereocenters. The van der Waals surface area contributed by atoms with Gasteiger partial charge in [-0.3, -0.25) is 4.79 Å². The molecule has 1 aromatic heterocycles. The molecule has 1 amide bonds. The Hall–Kier alpha value is -2.00. The molecule has 24 heavy (non-hydrogen) atoms. The molecule has 1 aromatic carbocycles. The fourth-order valence-electron chi connectivity index (χ4n) is 3.08. The van der Waals surface area contributed by atoms with E-state index in [0.29, 0.717) is 18.7 Å². The van der Waals surface area contributed by atoms with Crippen LogP contribution in [0, 0.1) is 11.3 Å². The van der Waals surface area contributed by atoms with Gasteiger partial charge in [-0.15, -0.1) is 0 Å². The molecule has 1 saturated heterocycles. The number of benzene rings is 1. The molecule has 3 rings (SSSR count). The number of carbonyl (C=O) groups is 1. The molecule has 126 valence electrons. The lowest BCUT2D eigenvalue weighted by Crippen LogP contribution is -2.33. The Balaban J connectivity index is 1.72. The number of fused-ring (bicyclic) bond motifs is 1. The van der Waals surface area contributed by atoms with Crippen LogP contribution in [0.4, 0.5) is 0 Å². The zero-order valence-corrected chi connectivity index (χ0v) is 14.6. The summed E-state index contributed by atoms with van der Waals surface area (Å²) in [6.07, 6.45) is 5.10. The number of hydrogen-bond donors (Lipinski definition) is 0. The fraction of sp³-hybridized carbons (Fsp3) is 0.500. The Labute approximate surface area is 146 Å². The van der Waals surface area contributed by atoms with E-state index >= 15 is 0 Å². The van der Waals surface area contributed by atoms with Gasteiger partial charge < -0.3 is 9.47 Å². The van der Waals surface area contributed by atoms with Crippen molar-refractivity contribution in [3.8, 4) is 6.07 Å². The van der Waals surface area contributed by atoms with Crippen molar-refractivity contribution in [1.29, 1.82) is 5.26 Å². The molecule has 0 spiro atoms. The van der Waals surface area contributed by atoms with Gasteiger partial charge in [0.25, 0.3) is 0 Å². The van der Waals surface area contributed by atoms with Gasteiger partial charge in [0.05, 0.1) is 29.3 Å². The summed E-state index contributed by atoms with van der Waals surface area (Å²) in [6, 6.07) is 10.1. The topological polar surface area (TPSA) is 61.9 Å². The van der Waals surface area contributed by atoms with Gasteiger partial charge >= 0.3 is 0 Å². The minimum Gasteiger partial charge on any atom is -0.342 e. The van der Waals surface area contributed by atoms with E-state index in [2.05, 4.69) is 15.6 Å². The van der Waals surface area contributed by atoms with E-state index in [0.717, 1.165) is 42.1 Å². The molecular formula is C18H22N4OS. The summed E-state index contributed by atoms with van der Waals surface area (Å²) in [5.41, 5.74) is 1.94. The van der Waals surface area contributed by atoms with Crippen LogP contribution in [0.5, 0.6) is 0 Å². The maximum Gasteiger partial charge on any atom is 0.233 e. The van der Waals surface area contributed by atoms with Gasteiger partial charge in [-0.25, -0.2) is 4.98 Å². The van der Waals surface area contributed by atoms with E-state index in [4.69, 9.17) is 5.26 Å². The molecule has 1 aliphatic heterocycles. The molecule has 0 bridgehead atoms. The molecule has 0 radical (unpaired) electrons. The van der Waals surface area contributed by atoms with Crippen LogP contribution in [-0.4, -0.2) is 39.2 Å². The van der Waals surface area contributed by atoms with E-state index in [1.54, 1.807) is 0 Å². The number of rotatable bonds is 5. The Bertz CT molecular complexity index is 741. The number of amides is 1. The molecule has 1 fully saturated rings. The number of thioether (sulfide) groups is 1. The minimum atomic E-state index is 0.195. The van der Waals surface area contributed by atoms with Gasteiger partial charge in [0, 0.05) is 19.6 Å². The Kier molecular flexibility index (Phi) is 5.76. The summed E-state index contributed by atoms with van der Waals surface area (Å²) < 4.78 is 2.05. The standard InChI is InChI=1S/C18H22N4OS/c19-10-7-13-22-16-9-4-3-8-15(16)20-18(22)24-14-17(23)21-11-5-1-2-6-12-21/h3-4,8-9H,1-2,5-7,11-14H2. The van der Waals surface area contributed by atoms with Crippen molar-refractivity contribution in [2.24, 2.45) is 0 Å². The Morgan fingerprint density at radius 1 is 1.21 bits per heavy atom. The monoisotopic (exact) mass is 342 g/mol. The van der Waals surface area contributed by atoms with Gasteiger partial charge in [0.1, 0.15) is 0 Å². The quantitative estimate of drug-likeness (QED) is 0.781. The average molecular weight is 342 g/mol. The van der Waals surface area contributed by atoms with Crippen LogP contribution in [0.3, 0.4) is 0 Å². The van der Waals surface area contributed by atoms with Crippen LogP contribution in [0.25, 0.3) is 11.0 Å². The molecule has 1 aliphatic rings. The summed E-state index contributed by atoms with van der Waals surface area (Å²) >= 11 is 1.48. The van der Waals surface area contributed by atoms with E-state index < -0.39 is 0 Å². The predicted molar refractivity (Wildman–Crippen MR) is 95.7 cm³/mol. The third kappa shape index (κ3) is 3.90. The number of carbonyl (C=O) groups excluding carboxylic acids is 1. The number of imidazole rings is 1. The van der Waals surface area contributed by atoms with Crippen molar-refractivity contribution in [2.75, 3.05) is 18.8 Å². The second-order valence-electron chi connectivity index (χ2n) is 6.03. The highest BCUT2D eigenvalue weighted by Crippen LogP contribution is 2.25. The Morgan fingerprint density at radius 3 is 2.71 bits per heavy atom. The van der Waals surface area contributed by atoms with E-state index in [1.165, 1.54) is 24.6 Å². The van der Waals surface area contributed by atoms with Crippen molar-refractivity contribution in [2.45, 2.75) is 43.8 Å². The third-order valence-electron chi connectivity index (χ3n) is 4.35. The lowest BCUT2D eigenvalue weighted by molar-refractivity contribution is -0.128. The van der Waals surface area contributed by atoms with E-state index in [1.807, 2.05) is 29.2 Å². The maximum atomic E-state index is 12.5. The largest absolute Gasteiger partial charge is 0.342 e. The third-order valence-corrected chi connectivity index (χ3v) is 5.31. The van der Waals surface area contributed by atoms with Crippen LogP contribution in [0.15, 0.2) is 29.4 Å². The predicted octanol–water partition coefficient (Wildman–Crippen LogP) is 3.44. The second-order valence-corrected chi connectivity index (χ2v) is 6.97. The molecule has 2 heterocycles. The minimum absolute atomic E-state index is 0.195. The Morgan fingerprint density at radius 2 is 1.96 bits per heavy atom. The van der Waals surface area contributed by atoms with Crippen molar-refractivity contribution in [1.82, 2.24) is 14.5 Å². The van der Waals surface area contributed by atoms with Crippen molar-refractivity contribution < 1.29 is 4.79 Å². The molecule has 0 unspecified atom stereocenters. The highest BCUT2D eigenvalue weighted by Gasteiger charge is 2.18. The normalized spacial score (nSPS) is 15.2. The van der Waals surface area contributed by atoms with Crippen LogP contribution < -0.4 is 0 Å². The highest BCUT2D eigenvalue weighted by atomic mass is 32.2. The number of likely N-dealkylation sites (tertiary alicyclic amines) is 1. The first kappa shape index (κ1) is 16.8. The number of para-hydroxylation sites is 2. The lowest BCUT2D eigenvalue weighted by atomic mass is 10.2. The SMILES string of the molecule is N#CCCn1c(SCC(=O)N2CCCCCC2)nc2ccccc21. The number of hydrogen-bond acceptors (Lipinski definition) is 4. The number of nitriles is 1. The van der Waals surface area contributed by atoms with Crippen LogP contribution in [-0.2, 0) is 11.3 Å². The zero-order chi connectivity index (χ0) is 16.8. The smallest absolute Gasteiger partial charge is 0.233 e. The van der Waals surface area contributed by atoms with Gasteiger partial charge in [0.2, 0.25) is 5.91 Å². The van der Waals surface area contributed by atoms with Crippen molar-refractivity contribution in [3.63, 3.8) is 0 Å². The van der Waals surface area contributed by atoms with Gasteiger partial charge in [-0.05, 0) is 25.0 Å². The molecule has 0 aliphatic carbocycles. The summed E-state index contributed by atoms with van der Waals surface area (Å²) in [5, 5.41) is 9.72. The molecule has 6 heteroatoms. The zero-order valence-electron chi connectivity index (χ0n) is 13.8. The van der Waals surface area contributed by atoms with Gasteiger partial charge in [0.15, 0.2) is 5.16 Å². The molecule has 2 aromatic rings. The molecular weight excluding hydrogens is 320 g/mol. The van der Waals surface area contributed by atoms with Gasteiger partial charge in [-0.1, -0.05) is 36.7 Å². The summed E-state index contributed by atoms with van der Waals surface area (Å²) in [6.45, 7) is 2.37. The van der Waals surface area contributed by atoms with Crippen molar-refractivity contribution >= 4 is 28.7 Å². The average Bonchev–Trinajstić information content (AvgIpc) is 2.76. The molecule has 5 nitrogen and oxygen atoms in total. The van der Waals surface area contributed by atoms with Crippen molar-refractivity contribution in [3.05, 3.63) is 24.3 Å². The number of aryl methyl sites for hydroxylation is 1. The molecule has 0 saturated carbocycles. The number of aromatic nitrogens is 2. The van der Waals surface area contributed by atoms with Crippen LogP contribution in [0.1, 0.15) is 32.1 Å². The van der Waals surface area contributed by atoms with Gasteiger partial charge in [-0.2, -0.15) is 5.26 Å². The first-order chi connectivity index (χ1) is 11.8. The van der Waals surface area contributed by atoms with E-state index in [9.17, 15) is 4.79 Å². The maximum absolute atomic E-state index is 12.5. The van der Waals surface area contributed by atoms with E-state index in [-0.39, 0.29) is 5.91 Å².